The number of hydrogen-bond acceptors (Lipinski definition) is 5. The van der Waals surface area contributed by atoms with Crippen LogP contribution < -0.4 is 5.73 Å². The maximum atomic E-state index is 11.0. The molecule has 105 valence electrons. The molecule has 0 aromatic carbocycles. The first-order chi connectivity index (χ1) is 8.38. The Morgan fingerprint density at radius 1 is 1.33 bits per heavy atom. The highest BCUT2D eigenvalue weighted by molar-refractivity contribution is 5.77. The Labute approximate surface area is 107 Å². The molecule has 1 saturated heterocycles. The fourth-order valence-corrected chi connectivity index (χ4v) is 2.04. The van der Waals surface area contributed by atoms with E-state index in [1.165, 1.54) is 6.42 Å². The standard InChI is InChI=1S/C12H22NO5/c1-3-4-7-9(14)11(16)10(15)8(18-7)5-6(2)12(13)17/h5-11,14-16H,3-4H2,1-2H3,(H2,13,17). The Balaban J connectivity index is 2.69. The molecule has 6 heteroatoms. The summed E-state index contributed by atoms with van der Waals surface area (Å²) in [6, 6.07) is 0. The molecule has 18 heavy (non-hydrogen) atoms. The van der Waals surface area contributed by atoms with Crippen LogP contribution in [0, 0.1) is 12.3 Å². The average Bonchev–Trinajstić information content (AvgIpc) is 2.32. The molecular weight excluding hydrogens is 238 g/mol. The second-order valence-corrected chi connectivity index (χ2v) is 4.78. The second-order valence-electron chi connectivity index (χ2n) is 4.78. The lowest BCUT2D eigenvalue weighted by molar-refractivity contribution is -0.215. The number of hydrogen-bond donors (Lipinski definition) is 4. The summed E-state index contributed by atoms with van der Waals surface area (Å²) in [5.74, 6) is -1.10. The van der Waals surface area contributed by atoms with Crippen LogP contribution in [0.25, 0.3) is 0 Å². The van der Waals surface area contributed by atoms with Crippen LogP contribution in [0.2, 0.25) is 0 Å². The monoisotopic (exact) mass is 260 g/mol. The highest BCUT2D eigenvalue weighted by atomic mass is 16.5. The lowest BCUT2D eigenvalue weighted by Crippen LogP contribution is -2.58. The van der Waals surface area contributed by atoms with E-state index in [9.17, 15) is 20.1 Å². The minimum atomic E-state index is -1.28. The maximum absolute atomic E-state index is 11.0. The van der Waals surface area contributed by atoms with Gasteiger partial charge in [0, 0.05) is 12.3 Å². The van der Waals surface area contributed by atoms with E-state index in [-0.39, 0.29) is 0 Å². The molecule has 1 radical (unpaired) electrons. The Kier molecular flexibility index (Phi) is 5.52. The molecule has 6 unspecified atom stereocenters. The summed E-state index contributed by atoms with van der Waals surface area (Å²) in [6.07, 6.45) is -2.19. The average molecular weight is 260 g/mol. The molecule has 5 N–H and O–H groups in total. The molecule has 0 aromatic heterocycles. The van der Waals surface area contributed by atoms with Crippen LogP contribution >= 0.6 is 0 Å². The van der Waals surface area contributed by atoms with Gasteiger partial charge in [0.2, 0.25) is 5.91 Å². The predicted molar refractivity (Wildman–Crippen MR) is 64.2 cm³/mol. The molecule has 1 fully saturated rings. The second kappa shape index (κ2) is 6.47. The normalized spacial score (nSPS) is 38.4. The van der Waals surface area contributed by atoms with Crippen molar-refractivity contribution >= 4 is 5.91 Å². The Bertz CT molecular complexity index is 286. The highest BCUT2D eigenvalue weighted by Crippen LogP contribution is 2.27. The summed E-state index contributed by atoms with van der Waals surface area (Å²) in [5, 5.41) is 29.3. The zero-order valence-corrected chi connectivity index (χ0v) is 10.7. The quantitative estimate of drug-likeness (QED) is 0.504. The van der Waals surface area contributed by atoms with E-state index in [0.29, 0.717) is 6.42 Å². The third kappa shape index (κ3) is 3.41. The molecule has 1 aliphatic rings. The molecule has 1 heterocycles. The molecule has 0 bridgehead atoms. The van der Waals surface area contributed by atoms with Crippen LogP contribution in [0.1, 0.15) is 26.7 Å². The van der Waals surface area contributed by atoms with Gasteiger partial charge in [-0.05, 0) is 6.42 Å². The Morgan fingerprint density at radius 2 is 1.94 bits per heavy atom. The molecule has 0 aliphatic carbocycles. The number of rotatable bonds is 5. The molecule has 1 rings (SSSR count). The number of carbonyl (C=O) groups is 1. The van der Waals surface area contributed by atoms with Gasteiger partial charge in [-0.3, -0.25) is 4.79 Å². The van der Waals surface area contributed by atoms with Crippen LogP contribution in [-0.4, -0.2) is 51.7 Å². The fraction of sp³-hybridized carbons (Fsp3) is 0.833. The van der Waals surface area contributed by atoms with Crippen molar-refractivity contribution in [2.45, 2.75) is 57.2 Å². The number of ether oxygens (including phenoxy) is 1. The van der Waals surface area contributed by atoms with Gasteiger partial charge in [0.25, 0.3) is 0 Å². The summed E-state index contributed by atoms with van der Waals surface area (Å²) >= 11 is 0. The third-order valence-corrected chi connectivity index (χ3v) is 3.25. The van der Waals surface area contributed by atoms with E-state index < -0.39 is 42.3 Å². The lowest BCUT2D eigenvalue weighted by Gasteiger charge is -2.41. The minimum Gasteiger partial charge on any atom is -0.388 e. The van der Waals surface area contributed by atoms with Gasteiger partial charge >= 0.3 is 0 Å². The first-order valence-electron chi connectivity index (χ1n) is 6.22. The van der Waals surface area contributed by atoms with Crippen molar-refractivity contribution in [3.05, 3.63) is 6.42 Å². The number of nitrogens with two attached hydrogens (primary N) is 1. The summed E-state index contributed by atoms with van der Waals surface area (Å²) in [6.45, 7) is 3.52. The van der Waals surface area contributed by atoms with E-state index in [1.807, 2.05) is 6.92 Å². The van der Waals surface area contributed by atoms with E-state index in [1.54, 1.807) is 6.92 Å². The minimum absolute atomic E-state index is 0.529. The first-order valence-corrected chi connectivity index (χ1v) is 6.22. The SMILES string of the molecule is CCCC1OC([CH]C(C)C(N)=O)C(O)C(O)C1O. The van der Waals surface area contributed by atoms with Crippen molar-refractivity contribution in [1.82, 2.24) is 0 Å². The lowest BCUT2D eigenvalue weighted by atomic mass is 9.88. The van der Waals surface area contributed by atoms with Gasteiger partial charge in [0.1, 0.15) is 18.3 Å². The topological polar surface area (TPSA) is 113 Å². The van der Waals surface area contributed by atoms with Crippen LogP contribution in [0.15, 0.2) is 0 Å². The summed E-state index contributed by atoms with van der Waals surface area (Å²) in [5.41, 5.74) is 5.13. The third-order valence-electron chi connectivity index (χ3n) is 3.25. The largest absolute Gasteiger partial charge is 0.388 e. The van der Waals surface area contributed by atoms with Gasteiger partial charge in [0.15, 0.2) is 0 Å². The number of carbonyl (C=O) groups excluding carboxylic acids is 1. The van der Waals surface area contributed by atoms with Crippen molar-refractivity contribution in [3.63, 3.8) is 0 Å². The van der Waals surface area contributed by atoms with Gasteiger partial charge in [0.05, 0.1) is 12.2 Å². The van der Waals surface area contributed by atoms with Gasteiger partial charge in [-0.15, -0.1) is 0 Å². The Morgan fingerprint density at radius 3 is 2.44 bits per heavy atom. The van der Waals surface area contributed by atoms with Gasteiger partial charge in [-0.1, -0.05) is 20.3 Å². The summed E-state index contributed by atoms with van der Waals surface area (Å²) < 4.78 is 5.52. The molecular formula is C12H22NO5. The number of aliphatic hydroxyl groups is 3. The predicted octanol–water partition coefficient (Wildman–Crippen LogP) is -1.04. The summed E-state index contributed by atoms with van der Waals surface area (Å²) in [7, 11) is 0. The van der Waals surface area contributed by atoms with Crippen molar-refractivity contribution in [2.24, 2.45) is 11.7 Å². The molecule has 6 atom stereocenters. The maximum Gasteiger partial charge on any atom is 0.220 e. The molecule has 1 aliphatic heterocycles. The smallest absolute Gasteiger partial charge is 0.220 e. The number of amides is 1. The first kappa shape index (κ1) is 15.4. The fourth-order valence-electron chi connectivity index (χ4n) is 2.04. The molecule has 0 aromatic rings. The zero-order valence-electron chi connectivity index (χ0n) is 10.7. The van der Waals surface area contributed by atoms with Crippen LogP contribution in [0.4, 0.5) is 0 Å². The molecule has 0 spiro atoms. The highest BCUT2D eigenvalue weighted by Gasteiger charge is 2.43. The van der Waals surface area contributed by atoms with E-state index in [0.717, 1.165) is 6.42 Å². The van der Waals surface area contributed by atoms with Crippen LogP contribution in [0.5, 0.6) is 0 Å². The number of primary amides is 1. The van der Waals surface area contributed by atoms with Crippen LogP contribution in [-0.2, 0) is 9.53 Å². The molecule has 6 nitrogen and oxygen atoms in total. The van der Waals surface area contributed by atoms with E-state index in [4.69, 9.17) is 10.5 Å². The van der Waals surface area contributed by atoms with Gasteiger partial charge < -0.3 is 25.8 Å². The molecule has 1 amide bonds. The van der Waals surface area contributed by atoms with Gasteiger partial charge in [-0.2, -0.15) is 0 Å². The van der Waals surface area contributed by atoms with Crippen molar-refractivity contribution in [2.75, 3.05) is 0 Å². The van der Waals surface area contributed by atoms with Crippen molar-refractivity contribution in [1.29, 1.82) is 0 Å². The Hall–Kier alpha value is -0.690. The van der Waals surface area contributed by atoms with E-state index in [2.05, 4.69) is 0 Å². The van der Waals surface area contributed by atoms with Crippen LogP contribution in [0.3, 0.4) is 0 Å². The summed E-state index contributed by atoms with van der Waals surface area (Å²) in [4.78, 5) is 11.0. The molecule has 0 saturated carbocycles. The van der Waals surface area contributed by atoms with Gasteiger partial charge in [-0.25, -0.2) is 0 Å². The van der Waals surface area contributed by atoms with Crippen molar-refractivity contribution in [3.8, 4) is 0 Å². The van der Waals surface area contributed by atoms with E-state index >= 15 is 0 Å². The number of aliphatic hydroxyl groups excluding tert-OH is 3. The zero-order chi connectivity index (χ0) is 13.9. The van der Waals surface area contributed by atoms with Crippen molar-refractivity contribution < 1.29 is 24.9 Å².